The first kappa shape index (κ1) is 19.3. The van der Waals surface area contributed by atoms with Gasteiger partial charge in [0.15, 0.2) is 5.82 Å². The highest BCUT2D eigenvalue weighted by molar-refractivity contribution is 6.01. The van der Waals surface area contributed by atoms with Gasteiger partial charge < -0.3 is 5.11 Å². The molecule has 1 N–H and O–H groups in total. The van der Waals surface area contributed by atoms with Crippen molar-refractivity contribution in [3.05, 3.63) is 77.0 Å². The number of anilines is 1. The summed E-state index contributed by atoms with van der Waals surface area (Å²) in [6, 6.07) is 15.5. The zero-order valence-electron chi connectivity index (χ0n) is 17.0. The Morgan fingerprint density at radius 1 is 1.10 bits per heavy atom. The molecule has 5 heteroatoms. The second-order valence-corrected chi connectivity index (χ2v) is 7.83. The summed E-state index contributed by atoms with van der Waals surface area (Å²) in [4.78, 5) is 23.8. The molecule has 2 heterocycles. The molecule has 1 aliphatic heterocycles. The van der Waals surface area contributed by atoms with Crippen LogP contribution in [0.5, 0.6) is 0 Å². The molecule has 29 heavy (non-hydrogen) atoms. The Morgan fingerprint density at radius 2 is 1.83 bits per heavy atom. The number of carbonyl (C=O) groups is 1. The van der Waals surface area contributed by atoms with Gasteiger partial charge >= 0.3 is 0 Å². The van der Waals surface area contributed by atoms with Gasteiger partial charge in [0.1, 0.15) is 5.82 Å². The predicted octanol–water partition coefficient (Wildman–Crippen LogP) is 4.20. The van der Waals surface area contributed by atoms with Crippen LogP contribution in [0.2, 0.25) is 0 Å². The highest BCUT2D eigenvalue weighted by Gasteiger charge is 2.35. The number of aliphatic hydroxyl groups is 1. The molecule has 3 aromatic rings. The molecule has 0 radical (unpaired) electrons. The molecule has 0 spiro atoms. The quantitative estimate of drug-likeness (QED) is 0.713. The number of carbonyl (C=O) groups excluding carboxylic acids is 1. The van der Waals surface area contributed by atoms with Crippen molar-refractivity contribution in [2.75, 3.05) is 11.5 Å². The maximum Gasteiger partial charge on any atom is 0.233 e. The van der Waals surface area contributed by atoms with Gasteiger partial charge in [0, 0.05) is 17.3 Å². The van der Waals surface area contributed by atoms with Crippen LogP contribution < -0.4 is 4.90 Å². The summed E-state index contributed by atoms with van der Waals surface area (Å²) in [5.41, 5.74) is 4.96. The van der Waals surface area contributed by atoms with Gasteiger partial charge in [-0.3, -0.25) is 9.69 Å². The normalized spacial score (nSPS) is 14.4. The van der Waals surface area contributed by atoms with Crippen LogP contribution in [0.1, 0.15) is 48.1 Å². The molecule has 1 amide bonds. The average Bonchev–Trinajstić information content (AvgIpc) is 3.05. The molecule has 0 aliphatic carbocycles. The van der Waals surface area contributed by atoms with E-state index in [4.69, 9.17) is 4.98 Å². The highest BCUT2D eigenvalue weighted by atomic mass is 16.3. The van der Waals surface area contributed by atoms with Gasteiger partial charge in [0.2, 0.25) is 5.91 Å². The molecule has 2 aromatic carbocycles. The van der Waals surface area contributed by atoms with Crippen LogP contribution in [0.15, 0.2) is 54.7 Å². The van der Waals surface area contributed by atoms with Crippen LogP contribution in [0.3, 0.4) is 0 Å². The maximum absolute atomic E-state index is 12.8. The Hall–Kier alpha value is -3.05. The third kappa shape index (κ3) is 3.54. The van der Waals surface area contributed by atoms with E-state index in [1.54, 1.807) is 11.1 Å². The summed E-state index contributed by atoms with van der Waals surface area (Å²) < 4.78 is 0. The molecule has 1 atom stereocenters. The van der Waals surface area contributed by atoms with Crippen LogP contribution in [0, 0.1) is 6.92 Å². The van der Waals surface area contributed by atoms with E-state index in [1.165, 1.54) is 5.56 Å². The monoisotopic (exact) mass is 387 g/mol. The minimum atomic E-state index is -0.465. The van der Waals surface area contributed by atoms with Crippen molar-refractivity contribution in [1.82, 2.24) is 9.97 Å². The second-order valence-electron chi connectivity index (χ2n) is 7.83. The van der Waals surface area contributed by atoms with Crippen LogP contribution >= 0.6 is 0 Å². The second kappa shape index (κ2) is 7.76. The molecule has 0 saturated heterocycles. The van der Waals surface area contributed by atoms with Crippen molar-refractivity contribution in [2.45, 2.75) is 39.2 Å². The van der Waals surface area contributed by atoms with E-state index in [-0.39, 0.29) is 18.9 Å². The van der Waals surface area contributed by atoms with Crippen LogP contribution in [0.4, 0.5) is 5.82 Å². The van der Waals surface area contributed by atoms with Crippen molar-refractivity contribution in [1.29, 1.82) is 0 Å². The summed E-state index contributed by atoms with van der Waals surface area (Å²) >= 11 is 0. The lowest BCUT2D eigenvalue weighted by Crippen LogP contribution is -2.34. The Morgan fingerprint density at radius 3 is 2.52 bits per heavy atom. The number of aliphatic hydroxyl groups excluding tert-OH is 1. The van der Waals surface area contributed by atoms with E-state index >= 15 is 0 Å². The van der Waals surface area contributed by atoms with Gasteiger partial charge in [0.25, 0.3) is 0 Å². The Labute approximate surface area is 171 Å². The van der Waals surface area contributed by atoms with Crippen LogP contribution in [-0.4, -0.2) is 27.6 Å². The molecule has 5 nitrogen and oxygen atoms in total. The number of aromatic nitrogens is 2. The zero-order chi connectivity index (χ0) is 20.5. The van der Waals surface area contributed by atoms with Crippen molar-refractivity contribution >= 4 is 11.7 Å². The maximum atomic E-state index is 12.8. The third-order valence-electron chi connectivity index (χ3n) is 5.45. The smallest absolute Gasteiger partial charge is 0.233 e. The fraction of sp³-hybridized carbons (Fsp3) is 0.292. The number of benzene rings is 2. The van der Waals surface area contributed by atoms with Gasteiger partial charge in [-0.1, -0.05) is 67.9 Å². The fourth-order valence-electron chi connectivity index (χ4n) is 3.88. The summed E-state index contributed by atoms with van der Waals surface area (Å²) in [7, 11) is 0. The van der Waals surface area contributed by atoms with Crippen molar-refractivity contribution in [3.63, 3.8) is 0 Å². The van der Waals surface area contributed by atoms with E-state index in [1.807, 2.05) is 49.4 Å². The molecule has 0 unspecified atom stereocenters. The number of rotatable bonds is 5. The molecule has 0 bridgehead atoms. The van der Waals surface area contributed by atoms with E-state index in [0.717, 1.165) is 22.3 Å². The van der Waals surface area contributed by atoms with E-state index < -0.39 is 6.04 Å². The first-order valence-electron chi connectivity index (χ1n) is 9.94. The molecule has 148 valence electrons. The van der Waals surface area contributed by atoms with Crippen molar-refractivity contribution in [2.24, 2.45) is 0 Å². The average molecular weight is 387 g/mol. The van der Waals surface area contributed by atoms with Crippen molar-refractivity contribution in [3.8, 4) is 11.4 Å². The first-order valence-corrected chi connectivity index (χ1v) is 9.94. The predicted molar refractivity (Wildman–Crippen MR) is 114 cm³/mol. The van der Waals surface area contributed by atoms with Gasteiger partial charge in [0.05, 0.1) is 19.1 Å². The van der Waals surface area contributed by atoms with Gasteiger partial charge in [-0.05, 0) is 24.0 Å². The highest BCUT2D eigenvalue weighted by Crippen LogP contribution is 2.36. The molecular weight excluding hydrogens is 362 g/mol. The van der Waals surface area contributed by atoms with Gasteiger partial charge in [-0.15, -0.1) is 0 Å². The SMILES string of the molecule is Cc1ccc([C@@H](CO)N2C(=O)Cc3cnc(-c4ccccc4C(C)C)nc32)cc1. The number of aryl methyl sites for hydroxylation is 1. The first-order chi connectivity index (χ1) is 14.0. The zero-order valence-corrected chi connectivity index (χ0v) is 17.0. The molecule has 0 saturated carbocycles. The van der Waals surface area contributed by atoms with Crippen molar-refractivity contribution < 1.29 is 9.90 Å². The third-order valence-corrected chi connectivity index (χ3v) is 5.45. The number of nitrogens with zero attached hydrogens (tertiary/aromatic N) is 3. The number of hydrogen-bond acceptors (Lipinski definition) is 4. The Balaban J connectivity index is 1.79. The van der Waals surface area contributed by atoms with Crippen LogP contribution in [0.25, 0.3) is 11.4 Å². The molecule has 4 rings (SSSR count). The summed E-state index contributed by atoms with van der Waals surface area (Å²) in [5, 5.41) is 10.1. The van der Waals surface area contributed by atoms with E-state index in [0.29, 0.717) is 17.6 Å². The number of amides is 1. The molecule has 0 fully saturated rings. The largest absolute Gasteiger partial charge is 0.394 e. The molecule has 1 aliphatic rings. The fourth-order valence-corrected chi connectivity index (χ4v) is 3.88. The summed E-state index contributed by atoms with van der Waals surface area (Å²) in [5.74, 6) is 1.47. The van der Waals surface area contributed by atoms with Gasteiger partial charge in [-0.25, -0.2) is 9.97 Å². The number of hydrogen-bond donors (Lipinski definition) is 1. The minimum Gasteiger partial charge on any atom is -0.394 e. The van der Waals surface area contributed by atoms with Crippen LogP contribution in [-0.2, 0) is 11.2 Å². The summed E-state index contributed by atoms with van der Waals surface area (Å²) in [6.45, 7) is 6.12. The number of fused-ring (bicyclic) bond motifs is 1. The van der Waals surface area contributed by atoms with E-state index in [2.05, 4.69) is 24.9 Å². The topological polar surface area (TPSA) is 66.3 Å². The standard InChI is InChI=1S/C24H25N3O2/c1-15(2)19-6-4-5-7-20(19)23-25-13-18-12-22(29)27(24(18)26-23)21(14-28)17-10-8-16(3)9-11-17/h4-11,13,15,21,28H,12,14H2,1-3H3/t21-/m1/s1. The molecule has 1 aromatic heterocycles. The summed E-state index contributed by atoms with van der Waals surface area (Å²) in [6.07, 6.45) is 2.00. The lowest BCUT2D eigenvalue weighted by molar-refractivity contribution is -0.118. The molecular formula is C24H25N3O2. The lowest BCUT2D eigenvalue weighted by Gasteiger charge is -2.27. The lowest BCUT2D eigenvalue weighted by atomic mass is 9.97. The minimum absolute atomic E-state index is 0.0665. The van der Waals surface area contributed by atoms with Gasteiger partial charge in [-0.2, -0.15) is 0 Å². The Bertz CT molecular complexity index is 1040. The Kier molecular flexibility index (Phi) is 5.16. The van der Waals surface area contributed by atoms with E-state index in [9.17, 15) is 9.90 Å².